The Morgan fingerprint density at radius 3 is 2.54 bits per heavy atom. The Kier molecular flexibility index (Phi) is 7.06. The van der Waals surface area contributed by atoms with Crippen molar-refractivity contribution in [2.45, 2.75) is 46.6 Å². The molecule has 0 amide bonds. The SMILES string of the molecule is CCNC(=NCc1ncc(C(C)(C)C)o1)NCCOc1ccc(C)cc1. The standard InChI is InChI=1S/C20H30N4O2/c1-6-21-19(22-11-12-25-16-9-7-15(2)8-10-16)24-14-18-23-13-17(26-18)20(3,4)5/h7-10,13H,6,11-12,14H2,1-5H3,(H2,21,22,24). The molecule has 0 saturated carbocycles. The van der Waals surface area contributed by atoms with E-state index in [0.29, 0.717) is 25.6 Å². The van der Waals surface area contributed by atoms with Crippen molar-refractivity contribution >= 4 is 5.96 Å². The van der Waals surface area contributed by atoms with Crippen LogP contribution in [0.3, 0.4) is 0 Å². The van der Waals surface area contributed by atoms with Crippen molar-refractivity contribution < 1.29 is 9.15 Å². The third-order valence-corrected chi connectivity index (χ3v) is 3.69. The summed E-state index contributed by atoms with van der Waals surface area (Å²) in [5.41, 5.74) is 1.17. The van der Waals surface area contributed by atoms with Gasteiger partial charge < -0.3 is 19.8 Å². The Hall–Kier alpha value is -2.50. The van der Waals surface area contributed by atoms with E-state index in [1.807, 2.05) is 31.2 Å². The van der Waals surface area contributed by atoms with Gasteiger partial charge in [0, 0.05) is 12.0 Å². The van der Waals surface area contributed by atoms with E-state index >= 15 is 0 Å². The van der Waals surface area contributed by atoms with Gasteiger partial charge in [-0.3, -0.25) is 0 Å². The molecule has 0 radical (unpaired) electrons. The lowest BCUT2D eigenvalue weighted by Crippen LogP contribution is -2.39. The summed E-state index contributed by atoms with van der Waals surface area (Å²) >= 11 is 0. The maximum Gasteiger partial charge on any atom is 0.216 e. The molecule has 0 fully saturated rings. The topological polar surface area (TPSA) is 71.7 Å². The first-order valence-electron chi connectivity index (χ1n) is 9.05. The van der Waals surface area contributed by atoms with Crippen molar-refractivity contribution in [2.75, 3.05) is 19.7 Å². The second-order valence-electron chi connectivity index (χ2n) is 7.15. The molecule has 26 heavy (non-hydrogen) atoms. The Bertz CT molecular complexity index is 699. The number of benzene rings is 1. The number of aryl methyl sites for hydroxylation is 1. The van der Waals surface area contributed by atoms with Crippen LogP contribution >= 0.6 is 0 Å². The van der Waals surface area contributed by atoms with Crippen LogP contribution < -0.4 is 15.4 Å². The number of nitrogens with zero attached hydrogens (tertiary/aromatic N) is 2. The summed E-state index contributed by atoms with van der Waals surface area (Å²) in [6.45, 7) is 12.8. The highest BCUT2D eigenvalue weighted by molar-refractivity contribution is 5.79. The van der Waals surface area contributed by atoms with E-state index in [-0.39, 0.29) is 5.41 Å². The molecule has 2 aromatic rings. The number of aromatic nitrogens is 1. The third-order valence-electron chi connectivity index (χ3n) is 3.69. The summed E-state index contributed by atoms with van der Waals surface area (Å²) in [6.07, 6.45) is 1.78. The second kappa shape index (κ2) is 9.27. The molecule has 1 heterocycles. The molecule has 0 bridgehead atoms. The van der Waals surface area contributed by atoms with Crippen LogP contribution in [-0.2, 0) is 12.0 Å². The third kappa shape index (κ3) is 6.43. The minimum absolute atomic E-state index is 0.0506. The number of rotatable bonds is 7. The van der Waals surface area contributed by atoms with Gasteiger partial charge >= 0.3 is 0 Å². The van der Waals surface area contributed by atoms with Gasteiger partial charge in [-0.05, 0) is 26.0 Å². The van der Waals surface area contributed by atoms with Crippen molar-refractivity contribution in [1.29, 1.82) is 0 Å². The molecule has 1 aromatic carbocycles. The number of nitrogens with one attached hydrogen (secondary N) is 2. The first kappa shape index (κ1) is 19.8. The molecule has 0 saturated heterocycles. The van der Waals surface area contributed by atoms with Gasteiger partial charge in [-0.1, -0.05) is 38.5 Å². The number of hydrogen-bond donors (Lipinski definition) is 2. The summed E-state index contributed by atoms with van der Waals surface area (Å²) < 4.78 is 11.5. The van der Waals surface area contributed by atoms with Crippen molar-refractivity contribution in [2.24, 2.45) is 4.99 Å². The lowest BCUT2D eigenvalue weighted by Gasteiger charge is -2.13. The van der Waals surface area contributed by atoms with Gasteiger partial charge in [0.05, 0.1) is 12.7 Å². The molecular weight excluding hydrogens is 328 g/mol. The van der Waals surface area contributed by atoms with Crippen LogP contribution in [0, 0.1) is 6.92 Å². The summed E-state index contributed by atoms with van der Waals surface area (Å²) in [6, 6.07) is 8.03. The molecule has 0 aliphatic rings. The molecule has 0 unspecified atom stereocenters. The fourth-order valence-electron chi connectivity index (χ4n) is 2.19. The zero-order chi connectivity index (χ0) is 19.0. The van der Waals surface area contributed by atoms with Crippen molar-refractivity contribution in [3.05, 3.63) is 47.7 Å². The van der Waals surface area contributed by atoms with Crippen LogP contribution in [0.15, 0.2) is 39.9 Å². The molecular formula is C20H30N4O2. The lowest BCUT2D eigenvalue weighted by atomic mass is 9.94. The van der Waals surface area contributed by atoms with Crippen molar-refractivity contribution in [3.8, 4) is 5.75 Å². The molecule has 0 atom stereocenters. The Labute approximate surface area is 156 Å². The van der Waals surface area contributed by atoms with Gasteiger partial charge in [0.15, 0.2) is 5.96 Å². The van der Waals surface area contributed by atoms with E-state index in [2.05, 4.69) is 48.3 Å². The molecule has 1 aromatic heterocycles. The van der Waals surface area contributed by atoms with Gasteiger partial charge in [-0.25, -0.2) is 9.98 Å². The zero-order valence-electron chi connectivity index (χ0n) is 16.4. The van der Waals surface area contributed by atoms with Gasteiger partial charge in [-0.2, -0.15) is 0 Å². The number of aliphatic imine (C=N–C) groups is 1. The number of oxazole rings is 1. The van der Waals surface area contributed by atoms with E-state index in [1.54, 1.807) is 6.20 Å². The van der Waals surface area contributed by atoms with Crippen LogP contribution in [0.4, 0.5) is 0 Å². The minimum atomic E-state index is -0.0506. The Morgan fingerprint density at radius 2 is 1.92 bits per heavy atom. The maximum atomic E-state index is 5.77. The highest BCUT2D eigenvalue weighted by Crippen LogP contribution is 2.22. The quantitative estimate of drug-likeness (QED) is 0.451. The second-order valence-corrected chi connectivity index (χ2v) is 7.15. The largest absolute Gasteiger partial charge is 0.492 e. The summed E-state index contributed by atoms with van der Waals surface area (Å²) in [5, 5.41) is 6.46. The molecule has 2 rings (SSSR count). The first-order valence-corrected chi connectivity index (χ1v) is 9.05. The zero-order valence-corrected chi connectivity index (χ0v) is 16.4. The molecule has 0 spiro atoms. The van der Waals surface area contributed by atoms with E-state index < -0.39 is 0 Å². The number of guanidine groups is 1. The summed E-state index contributed by atoms with van der Waals surface area (Å²) in [7, 11) is 0. The van der Waals surface area contributed by atoms with Crippen LogP contribution in [0.2, 0.25) is 0 Å². The monoisotopic (exact) mass is 358 g/mol. The van der Waals surface area contributed by atoms with E-state index in [0.717, 1.165) is 24.0 Å². The maximum absolute atomic E-state index is 5.77. The summed E-state index contributed by atoms with van der Waals surface area (Å²) in [5.74, 6) is 3.07. The van der Waals surface area contributed by atoms with Gasteiger partial charge in [-0.15, -0.1) is 0 Å². The van der Waals surface area contributed by atoms with Crippen molar-refractivity contribution in [1.82, 2.24) is 15.6 Å². The fraction of sp³-hybridized carbons (Fsp3) is 0.500. The van der Waals surface area contributed by atoms with E-state index in [1.165, 1.54) is 5.56 Å². The van der Waals surface area contributed by atoms with Crippen LogP contribution in [0.5, 0.6) is 5.75 Å². The minimum Gasteiger partial charge on any atom is -0.492 e. The molecule has 6 heteroatoms. The van der Waals surface area contributed by atoms with Gasteiger partial charge in [0.25, 0.3) is 0 Å². The van der Waals surface area contributed by atoms with E-state index in [4.69, 9.17) is 9.15 Å². The Balaban J connectivity index is 1.82. The Morgan fingerprint density at radius 1 is 1.19 bits per heavy atom. The predicted octanol–water partition coefficient (Wildman–Crippen LogP) is 3.41. The highest BCUT2D eigenvalue weighted by atomic mass is 16.5. The van der Waals surface area contributed by atoms with Gasteiger partial charge in [0.1, 0.15) is 24.7 Å². The summed E-state index contributed by atoms with van der Waals surface area (Å²) in [4.78, 5) is 8.82. The first-order chi connectivity index (χ1) is 12.4. The molecule has 0 aliphatic carbocycles. The number of ether oxygens (including phenoxy) is 1. The molecule has 6 nitrogen and oxygen atoms in total. The average molecular weight is 358 g/mol. The van der Waals surface area contributed by atoms with E-state index in [9.17, 15) is 0 Å². The normalized spacial score (nSPS) is 12.1. The van der Waals surface area contributed by atoms with Crippen LogP contribution in [0.25, 0.3) is 0 Å². The molecule has 142 valence electrons. The molecule has 0 aliphatic heterocycles. The van der Waals surface area contributed by atoms with Gasteiger partial charge in [0.2, 0.25) is 5.89 Å². The fourth-order valence-corrected chi connectivity index (χ4v) is 2.19. The smallest absolute Gasteiger partial charge is 0.216 e. The highest BCUT2D eigenvalue weighted by Gasteiger charge is 2.18. The lowest BCUT2D eigenvalue weighted by molar-refractivity contribution is 0.322. The molecule has 2 N–H and O–H groups in total. The number of hydrogen-bond acceptors (Lipinski definition) is 4. The average Bonchev–Trinajstić information content (AvgIpc) is 3.07. The van der Waals surface area contributed by atoms with Crippen LogP contribution in [0.1, 0.15) is 44.9 Å². The predicted molar refractivity (Wildman–Crippen MR) is 105 cm³/mol. The van der Waals surface area contributed by atoms with Crippen LogP contribution in [-0.4, -0.2) is 30.6 Å². The van der Waals surface area contributed by atoms with Crippen molar-refractivity contribution in [3.63, 3.8) is 0 Å².